The number of aryl methyl sites for hydroxylation is 1. The molecule has 1 aromatic carbocycles. The van der Waals surface area contributed by atoms with Gasteiger partial charge in [-0.15, -0.1) is 0 Å². The average molecular weight is 308 g/mol. The van der Waals surface area contributed by atoms with E-state index in [1.165, 1.54) is 6.07 Å². The molecule has 0 unspecified atom stereocenters. The minimum absolute atomic E-state index is 0.250. The van der Waals surface area contributed by atoms with Crippen LogP contribution in [0.3, 0.4) is 0 Å². The van der Waals surface area contributed by atoms with E-state index in [9.17, 15) is 4.39 Å². The summed E-state index contributed by atoms with van der Waals surface area (Å²) < 4.78 is 25.8. The Balaban J connectivity index is 0.000000745. The van der Waals surface area contributed by atoms with E-state index in [-0.39, 0.29) is 12.0 Å². The Morgan fingerprint density at radius 2 is 1.64 bits per heavy atom. The van der Waals surface area contributed by atoms with Crippen LogP contribution in [0.5, 0.6) is 0 Å². The molecule has 1 saturated heterocycles. The van der Waals surface area contributed by atoms with Crippen molar-refractivity contribution in [2.75, 3.05) is 0 Å². The zero-order chi connectivity index (χ0) is 17.0. The standard InChI is InChI=1S/C15H22BFO2.CO2/c1-6-7-11-8-9-13(17)12(10-11)16-18-14(2,3)15(4,5)19-16;2-1-3/h8-10H,6-7H2,1-5H3;. The zero-order valence-corrected chi connectivity index (χ0v) is 13.7. The number of benzene rings is 1. The molecule has 1 aromatic rings. The van der Waals surface area contributed by atoms with Gasteiger partial charge in [-0.2, -0.15) is 9.59 Å². The molecule has 0 amide bonds. The smallest absolute Gasteiger partial charge is 0.399 e. The topological polar surface area (TPSA) is 52.6 Å². The molecule has 1 aliphatic heterocycles. The average Bonchev–Trinajstić information content (AvgIpc) is 2.62. The van der Waals surface area contributed by atoms with Crippen LogP contribution in [0, 0.1) is 5.82 Å². The first kappa shape index (κ1) is 18.6. The van der Waals surface area contributed by atoms with Crippen LogP contribution in [0.15, 0.2) is 18.2 Å². The molecule has 120 valence electrons. The fourth-order valence-corrected chi connectivity index (χ4v) is 2.19. The Kier molecular flexibility index (Phi) is 6.06. The summed E-state index contributed by atoms with van der Waals surface area (Å²) >= 11 is 0. The molecule has 0 saturated carbocycles. The van der Waals surface area contributed by atoms with Gasteiger partial charge in [0.15, 0.2) is 0 Å². The monoisotopic (exact) mass is 308 g/mol. The highest BCUT2D eigenvalue weighted by molar-refractivity contribution is 6.62. The third-order valence-corrected chi connectivity index (χ3v) is 4.11. The van der Waals surface area contributed by atoms with Crippen molar-refractivity contribution in [3.63, 3.8) is 0 Å². The van der Waals surface area contributed by atoms with Crippen LogP contribution in [0.4, 0.5) is 4.39 Å². The number of hydrogen-bond acceptors (Lipinski definition) is 4. The van der Waals surface area contributed by atoms with E-state index >= 15 is 0 Å². The van der Waals surface area contributed by atoms with Crippen LogP contribution < -0.4 is 5.46 Å². The summed E-state index contributed by atoms with van der Waals surface area (Å²) in [5.74, 6) is -0.265. The summed E-state index contributed by atoms with van der Waals surface area (Å²) in [6.07, 6.45) is 2.22. The minimum atomic E-state index is -0.623. The molecule has 0 bridgehead atoms. The number of hydrogen-bond donors (Lipinski definition) is 0. The van der Waals surface area contributed by atoms with Crippen molar-refractivity contribution < 1.29 is 23.3 Å². The van der Waals surface area contributed by atoms with Gasteiger partial charge in [0.1, 0.15) is 5.82 Å². The first-order valence-corrected chi connectivity index (χ1v) is 7.31. The third-order valence-electron chi connectivity index (χ3n) is 4.11. The Hall–Kier alpha value is -1.49. The summed E-state index contributed by atoms with van der Waals surface area (Å²) in [6.45, 7) is 10.0. The van der Waals surface area contributed by atoms with Gasteiger partial charge in [-0.1, -0.05) is 25.5 Å². The number of halogens is 1. The van der Waals surface area contributed by atoms with Gasteiger partial charge < -0.3 is 9.31 Å². The summed E-state index contributed by atoms with van der Waals surface area (Å²) in [4.78, 5) is 16.2. The maximum absolute atomic E-state index is 14.0. The molecule has 0 spiro atoms. The van der Waals surface area contributed by atoms with Crippen molar-refractivity contribution >= 4 is 18.7 Å². The van der Waals surface area contributed by atoms with E-state index in [1.54, 1.807) is 0 Å². The van der Waals surface area contributed by atoms with Crippen molar-refractivity contribution in [2.24, 2.45) is 0 Å². The van der Waals surface area contributed by atoms with Gasteiger partial charge in [0.2, 0.25) is 0 Å². The Morgan fingerprint density at radius 1 is 1.14 bits per heavy atom. The van der Waals surface area contributed by atoms with Gasteiger partial charge in [-0.3, -0.25) is 0 Å². The second-order valence-electron chi connectivity index (χ2n) is 6.28. The largest absolute Gasteiger partial charge is 0.497 e. The van der Waals surface area contributed by atoms with Crippen LogP contribution in [-0.4, -0.2) is 24.5 Å². The van der Waals surface area contributed by atoms with Crippen molar-refractivity contribution in [1.82, 2.24) is 0 Å². The lowest BCUT2D eigenvalue weighted by molar-refractivity contribution is -0.191. The molecule has 0 radical (unpaired) electrons. The first-order chi connectivity index (χ1) is 10.2. The molecule has 22 heavy (non-hydrogen) atoms. The van der Waals surface area contributed by atoms with Crippen molar-refractivity contribution in [3.8, 4) is 0 Å². The van der Waals surface area contributed by atoms with Gasteiger partial charge in [0, 0.05) is 5.46 Å². The van der Waals surface area contributed by atoms with E-state index in [4.69, 9.17) is 18.9 Å². The van der Waals surface area contributed by atoms with Crippen LogP contribution in [-0.2, 0) is 25.3 Å². The molecule has 6 heteroatoms. The normalized spacial score (nSPS) is 18.4. The van der Waals surface area contributed by atoms with Gasteiger partial charge in [0.25, 0.3) is 0 Å². The van der Waals surface area contributed by atoms with E-state index < -0.39 is 18.3 Å². The molecule has 0 aromatic heterocycles. The zero-order valence-electron chi connectivity index (χ0n) is 13.7. The second kappa shape index (κ2) is 7.18. The van der Waals surface area contributed by atoms with Gasteiger partial charge in [-0.05, 0) is 45.7 Å². The minimum Gasteiger partial charge on any atom is -0.399 e. The predicted molar refractivity (Wildman–Crippen MR) is 81.1 cm³/mol. The fraction of sp³-hybridized carbons (Fsp3) is 0.562. The lowest BCUT2D eigenvalue weighted by Gasteiger charge is -2.32. The molecule has 0 N–H and O–H groups in total. The van der Waals surface area contributed by atoms with E-state index in [0.29, 0.717) is 5.46 Å². The quantitative estimate of drug-likeness (QED) is 0.805. The highest BCUT2D eigenvalue weighted by Gasteiger charge is 2.52. The first-order valence-electron chi connectivity index (χ1n) is 7.31. The lowest BCUT2D eigenvalue weighted by atomic mass is 9.77. The second-order valence-corrected chi connectivity index (χ2v) is 6.28. The summed E-state index contributed by atoms with van der Waals surface area (Å²) in [5, 5.41) is 0. The summed E-state index contributed by atoms with van der Waals surface area (Å²) in [7, 11) is -0.623. The SMILES string of the molecule is CCCc1ccc(F)c(B2OC(C)(C)C(C)(C)O2)c1.O=C=O. The molecule has 4 nitrogen and oxygen atoms in total. The molecule has 1 fully saturated rings. The number of carbonyl (C=O) groups excluding carboxylic acids is 2. The molecule has 0 atom stereocenters. The predicted octanol–water partition coefficient (Wildman–Crippen LogP) is 2.49. The summed E-state index contributed by atoms with van der Waals surface area (Å²) in [6, 6.07) is 5.19. The van der Waals surface area contributed by atoms with Gasteiger partial charge in [0.05, 0.1) is 11.2 Å². The molecule has 0 aliphatic carbocycles. The van der Waals surface area contributed by atoms with Crippen LogP contribution in [0.25, 0.3) is 0 Å². The van der Waals surface area contributed by atoms with E-state index in [0.717, 1.165) is 18.4 Å². The third kappa shape index (κ3) is 4.04. The maximum Gasteiger partial charge on any atom is 0.497 e. The molecule has 2 rings (SSSR count). The van der Waals surface area contributed by atoms with Crippen molar-refractivity contribution in [3.05, 3.63) is 29.6 Å². The number of rotatable bonds is 3. The van der Waals surface area contributed by atoms with Crippen molar-refractivity contribution in [1.29, 1.82) is 0 Å². The Bertz CT molecular complexity index is 535. The van der Waals surface area contributed by atoms with Crippen LogP contribution in [0.1, 0.15) is 46.6 Å². The maximum atomic E-state index is 14.0. The van der Waals surface area contributed by atoms with Gasteiger partial charge >= 0.3 is 13.3 Å². The van der Waals surface area contributed by atoms with Crippen LogP contribution >= 0.6 is 0 Å². The highest BCUT2D eigenvalue weighted by Crippen LogP contribution is 2.36. The molecular weight excluding hydrogens is 286 g/mol. The molecular formula is C16H22BFO4. The van der Waals surface area contributed by atoms with Crippen molar-refractivity contribution in [2.45, 2.75) is 58.7 Å². The van der Waals surface area contributed by atoms with E-state index in [1.807, 2.05) is 39.8 Å². The van der Waals surface area contributed by atoms with Gasteiger partial charge in [-0.25, -0.2) is 4.39 Å². The molecule has 1 aliphatic rings. The van der Waals surface area contributed by atoms with E-state index in [2.05, 4.69) is 6.92 Å². The highest BCUT2D eigenvalue weighted by atomic mass is 19.1. The van der Waals surface area contributed by atoms with Crippen LogP contribution in [0.2, 0.25) is 0 Å². The summed E-state index contributed by atoms with van der Waals surface area (Å²) in [5.41, 5.74) is 0.744. The molecule has 1 heterocycles. The fourth-order valence-electron chi connectivity index (χ4n) is 2.19. The Labute approximate surface area is 131 Å². The Morgan fingerprint density at radius 3 is 2.09 bits per heavy atom. The lowest BCUT2D eigenvalue weighted by Crippen LogP contribution is -2.41.